The van der Waals surface area contributed by atoms with Crippen molar-refractivity contribution in [2.45, 2.75) is 25.0 Å². The van der Waals surface area contributed by atoms with E-state index in [0.717, 1.165) is 42.5 Å². The molecule has 5 rings (SSSR count). The second-order valence-corrected chi connectivity index (χ2v) is 9.24. The summed E-state index contributed by atoms with van der Waals surface area (Å²) in [5.74, 6) is 5.64. The van der Waals surface area contributed by atoms with Gasteiger partial charge >= 0.3 is 0 Å². The van der Waals surface area contributed by atoms with E-state index in [1.165, 1.54) is 11.3 Å². The van der Waals surface area contributed by atoms with Gasteiger partial charge in [-0.25, -0.2) is 0 Å². The van der Waals surface area contributed by atoms with Gasteiger partial charge in [0.1, 0.15) is 0 Å². The molecule has 0 spiro atoms. The van der Waals surface area contributed by atoms with Crippen LogP contribution in [0.2, 0.25) is 0 Å². The lowest BCUT2D eigenvalue weighted by Gasteiger charge is -2.29. The molecule has 184 valence electrons. The number of benzene rings is 3. The molecule has 3 aromatic carbocycles. The van der Waals surface area contributed by atoms with E-state index in [4.69, 9.17) is 10.6 Å². The minimum absolute atomic E-state index is 0.222. The van der Waals surface area contributed by atoms with Crippen LogP contribution in [0, 0.1) is 0 Å². The van der Waals surface area contributed by atoms with Gasteiger partial charge in [-0.1, -0.05) is 36.4 Å². The Morgan fingerprint density at radius 1 is 1.11 bits per heavy atom. The van der Waals surface area contributed by atoms with Crippen LogP contribution in [0.1, 0.15) is 27.9 Å². The smallest absolute Gasteiger partial charge is 0.253 e. The zero-order chi connectivity index (χ0) is 24.2. The predicted octanol–water partition coefficient (Wildman–Crippen LogP) is 2.01. The number of nitrogens with zero attached hydrogens (tertiary/aromatic N) is 1. The van der Waals surface area contributed by atoms with E-state index in [9.17, 15) is 9.90 Å². The first-order chi connectivity index (χ1) is 17.1. The molecular formula is C27H33N5O3. The van der Waals surface area contributed by atoms with Gasteiger partial charge in [-0.2, -0.15) is 0 Å². The normalized spacial score (nSPS) is 20.6. The van der Waals surface area contributed by atoms with Crippen LogP contribution in [0.3, 0.4) is 0 Å². The molecule has 2 atom stereocenters. The van der Waals surface area contributed by atoms with Gasteiger partial charge in [-0.3, -0.25) is 10.6 Å². The molecule has 2 fully saturated rings. The fraction of sp³-hybridized carbons (Fsp3) is 0.370. The molecule has 0 bridgehead atoms. The van der Waals surface area contributed by atoms with Crippen LogP contribution in [0.25, 0.3) is 10.8 Å². The summed E-state index contributed by atoms with van der Waals surface area (Å²) in [6.45, 7) is 4.77. The van der Waals surface area contributed by atoms with Crippen molar-refractivity contribution in [1.82, 2.24) is 10.6 Å². The lowest BCUT2D eigenvalue weighted by Crippen LogP contribution is -2.48. The lowest BCUT2D eigenvalue weighted by atomic mass is 9.93. The molecular weight excluding hydrogens is 442 g/mol. The van der Waals surface area contributed by atoms with Crippen molar-refractivity contribution in [3.05, 3.63) is 71.3 Å². The lowest BCUT2D eigenvalue weighted by molar-refractivity contribution is -0.0260. The second kappa shape index (κ2) is 10.6. The standard InChI is InChI=1S/C27H33N5O3/c28-31-26-22-4-2-1-3-21(22)19(16-23(26)27(34)30-24-9-14-35-17-25(24)33)15-18-5-7-20(8-6-18)32-12-10-29-11-13-32/h1-8,16,24-25,29,31,33H,9-15,17,28H2,(H,30,34). The Hall–Kier alpha value is -3.17. The Kier molecular flexibility index (Phi) is 7.15. The van der Waals surface area contributed by atoms with Gasteiger partial charge in [0.15, 0.2) is 0 Å². The summed E-state index contributed by atoms with van der Waals surface area (Å²) >= 11 is 0. The number of hydrogen-bond acceptors (Lipinski definition) is 7. The molecule has 8 heteroatoms. The van der Waals surface area contributed by atoms with Crippen molar-refractivity contribution in [1.29, 1.82) is 0 Å². The maximum atomic E-state index is 13.3. The number of amides is 1. The number of fused-ring (bicyclic) bond motifs is 1. The summed E-state index contributed by atoms with van der Waals surface area (Å²) < 4.78 is 5.29. The van der Waals surface area contributed by atoms with Crippen molar-refractivity contribution >= 4 is 28.1 Å². The third kappa shape index (κ3) is 5.11. The number of nitrogens with one attached hydrogen (secondary N) is 3. The topological polar surface area (TPSA) is 112 Å². The van der Waals surface area contributed by atoms with Crippen molar-refractivity contribution < 1.29 is 14.6 Å². The van der Waals surface area contributed by atoms with E-state index in [1.54, 1.807) is 0 Å². The van der Waals surface area contributed by atoms with Crippen molar-refractivity contribution in [2.75, 3.05) is 49.7 Å². The molecule has 0 aromatic heterocycles. The van der Waals surface area contributed by atoms with E-state index in [2.05, 4.69) is 51.3 Å². The van der Waals surface area contributed by atoms with E-state index < -0.39 is 6.10 Å². The fourth-order valence-electron chi connectivity index (χ4n) is 5.04. The summed E-state index contributed by atoms with van der Waals surface area (Å²) in [5.41, 5.74) is 7.25. The number of nitrogen functional groups attached to an aromatic ring is 1. The molecule has 8 nitrogen and oxygen atoms in total. The van der Waals surface area contributed by atoms with Gasteiger partial charge in [-0.05, 0) is 47.6 Å². The summed E-state index contributed by atoms with van der Waals surface area (Å²) in [5, 5.41) is 18.6. The number of piperazine rings is 1. The molecule has 0 aliphatic carbocycles. The Labute approximate surface area is 205 Å². The minimum Gasteiger partial charge on any atom is -0.389 e. The minimum atomic E-state index is -0.726. The quantitative estimate of drug-likeness (QED) is 0.274. The average Bonchev–Trinajstić information content (AvgIpc) is 2.90. The maximum absolute atomic E-state index is 13.3. The Bertz CT molecular complexity index is 1180. The maximum Gasteiger partial charge on any atom is 0.253 e. The third-order valence-corrected chi connectivity index (χ3v) is 6.98. The van der Waals surface area contributed by atoms with Gasteiger partial charge in [0, 0.05) is 43.9 Å². The van der Waals surface area contributed by atoms with Crippen LogP contribution < -0.4 is 26.8 Å². The van der Waals surface area contributed by atoms with Crippen LogP contribution >= 0.6 is 0 Å². The first-order valence-corrected chi connectivity index (χ1v) is 12.3. The largest absolute Gasteiger partial charge is 0.389 e. The number of hydrazine groups is 1. The van der Waals surface area contributed by atoms with Gasteiger partial charge in [0.25, 0.3) is 5.91 Å². The summed E-state index contributed by atoms with van der Waals surface area (Å²) in [6, 6.07) is 18.2. The highest BCUT2D eigenvalue weighted by atomic mass is 16.5. The van der Waals surface area contributed by atoms with Gasteiger partial charge < -0.3 is 30.8 Å². The van der Waals surface area contributed by atoms with E-state index in [0.29, 0.717) is 30.7 Å². The number of ether oxygens (including phenoxy) is 1. The zero-order valence-corrected chi connectivity index (χ0v) is 19.8. The summed E-state index contributed by atoms with van der Waals surface area (Å²) in [4.78, 5) is 15.7. The fourth-order valence-corrected chi connectivity index (χ4v) is 5.04. The van der Waals surface area contributed by atoms with Crippen LogP contribution in [0.4, 0.5) is 11.4 Å². The summed E-state index contributed by atoms with van der Waals surface area (Å²) in [7, 11) is 0. The molecule has 2 aliphatic heterocycles. The van der Waals surface area contributed by atoms with E-state index in [1.807, 2.05) is 24.3 Å². The number of rotatable bonds is 6. The molecule has 2 saturated heterocycles. The predicted molar refractivity (Wildman–Crippen MR) is 139 cm³/mol. The van der Waals surface area contributed by atoms with Crippen LogP contribution in [0.5, 0.6) is 0 Å². The molecule has 2 aliphatic rings. The highest BCUT2D eigenvalue weighted by Crippen LogP contribution is 2.32. The van der Waals surface area contributed by atoms with Crippen molar-refractivity contribution in [3.63, 3.8) is 0 Å². The first kappa shape index (κ1) is 23.6. The molecule has 35 heavy (non-hydrogen) atoms. The Balaban J connectivity index is 1.45. The number of carbonyl (C=O) groups is 1. The van der Waals surface area contributed by atoms with Crippen LogP contribution in [-0.2, 0) is 11.2 Å². The molecule has 1 amide bonds. The second-order valence-electron chi connectivity index (χ2n) is 9.24. The van der Waals surface area contributed by atoms with Crippen LogP contribution in [-0.4, -0.2) is 62.6 Å². The molecule has 2 unspecified atom stereocenters. The number of anilines is 2. The number of nitrogens with two attached hydrogens (primary N) is 1. The van der Waals surface area contributed by atoms with E-state index >= 15 is 0 Å². The highest BCUT2D eigenvalue weighted by Gasteiger charge is 2.27. The number of aliphatic hydroxyl groups excluding tert-OH is 1. The Morgan fingerprint density at radius 2 is 1.86 bits per heavy atom. The first-order valence-electron chi connectivity index (χ1n) is 12.3. The molecule has 0 saturated carbocycles. The molecule has 2 heterocycles. The zero-order valence-electron chi connectivity index (χ0n) is 19.8. The van der Waals surface area contributed by atoms with Gasteiger partial charge in [0.05, 0.1) is 30.0 Å². The van der Waals surface area contributed by atoms with Gasteiger partial charge in [0.2, 0.25) is 0 Å². The third-order valence-electron chi connectivity index (χ3n) is 6.98. The molecule has 0 radical (unpaired) electrons. The number of aliphatic hydroxyl groups is 1. The number of hydrogen-bond donors (Lipinski definition) is 5. The van der Waals surface area contributed by atoms with E-state index in [-0.39, 0.29) is 18.6 Å². The SMILES string of the molecule is NNc1c(C(=O)NC2CCOCC2O)cc(Cc2ccc(N3CCNCC3)cc2)c2ccccc12. The van der Waals surface area contributed by atoms with Crippen molar-refractivity contribution in [2.24, 2.45) is 5.84 Å². The Morgan fingerprint density at radius 3 is 2.57 bits per heavy atom. The van der Waals surface area contributed by atoms with Crippen molar-refractivity contribution in [3.8, 4) is 0 Å². The number of carbonyl (C=O) groups excluding carboxylic acids is 1. The summed E-state index contributed by atoms with van der Waals surface area (Å²) in [6.07, 6.45) is 0.530. The molecule has 3 aromatic rings. The molecule has 6 N–H and O–H groups in total. The van der Waals surface area contributed by atoms with Crippen LogP contribution in [0.15, 0.2) is 54.6 Å². The highest BCUT2D eigenvalue weighted by molar-refractivity contribution is 6.09. The van der Waals surface area contributed by atoms with Gasteiger partial charge in [-0.15, -0.1) is 0 Å². The monoisotopic (exact) mass is 475 g/mol. The average molecular weight is 476 g/mol.